The Morgan fingerprint density at radius 2 is 2.22 bits per heavy atom. The van der Waals surface area contributed by atoms with Crippen LogP contribution in [-0.2, 0) is 18.4 Å². The fourth-order valence-corrected chi connectivity index (χ4v) is 3.34. The Morgan fingerprint density at radius 1 is 1.39 bits per heavy atom. The van der Waals surface area contributed by atoms with E-state index in [9.17, 15) is 4.79 Å². The average molecular weight is 248 g/mol. The zero-order valence-corrected chi connectivity index (χ0v) is 11.1. The first-order valence-electron chi connectivity index (χ1n) is 6.54. The molecule has 0 aromatic carbocycles. The minimum Gasteiger partial charge on any atom is -0.344 e. The molecular formula is C13H20N4O. The highest BCUT2D eigenvalue weighted by atomic mass is 16.2. The second-order valence-corrected chi connectivity index (χ2v) is 5.75. The van der Waals surface area contributed by atoms with Crippen LogP contribution in [0.5, 0.6) is 0 Å². The van der Waals surface area contributed by atoms with Crippen LogP contribution in [0.4, 0.5) is 0 Å². The van der Waals surface area contributed by atoms with Crippen molar-refractivity contribution in [1.82, 2.24) is 19.4 Å². The normalized spacial score (nSPS) is 28.8. The van der Waals surface area contributed by atoms with Crippen LogP contribution in [-0.4, -0.2) is 51.9 Å². The van der Waals surface area contributed by atoms with Crippen LogP contribution in [0.25, 0.3) is 0 Å². The maximum absolute atomic E-state index is 12.0. The van der Waals surface area contributed by atoms with Crippen molar-refractivity contribution >= 4 is 5.91 Å². The summed E-state index contributed by atoms with van der Waals surface area (Å²) in [7, 11) is 3.91. The summed E-state index contributed by atoms with van der Waals surface area (Å²) in [6.45, 7) is 3.81. The molecule has 5 heteroatoms. The molecule has 98 valence electrons. The molecule has 1 spiro atoms. The molecular weight excluding hydrogens is 228 g/mol. The van der Waals surface area contributed by atoms with Gasteiger partial charge in [0.15, 0.2) is 0 Å². The number of β-lactam (4-membered cyclic amide) rings is 1. The van der Waals surface area contributed by atoms with Gasteiger partial charge in [-0.1, -0.05) is 0 Å². The number of rotatable bonds is 2. The molecule has 0 aliphatic carbocycles. The van der Waals surface area contributed by atoms with E-state index < -0.39 is 0 Å². The van der Waals surface area contributed by atoms with Gasteiger partial charge in [-0.2, -0.15) is 0 Å². The van der Waals surface area contributed by atoms with Crippen LogP contribution < -0.4 is 0 Å². The largest absolute Gasteiger partial charge is 0.344 e. The summed E-state index contributed by atoms with van der Waals surface area (Å²) >= 11 is 0. The fraction of sp³-hybridized carbons (Fsp3) is 0.692. The lowest BCUT2D eigenvalue weighted by Gasteiger charge is -2.52. The molecule has 0 radical (unpaired) electrons. The average Bonchev–Trinajstić information content (AvgIpc) is 2.75. The van der Waals surface area contributed by atoms with E-state index in [-0.39, 0.29) is 5.41 Å². The van der Waals surface area contributed by atoms with Gasteiger partial charge in [0.25, 0.3) is 0 Å². The van der Waals surface area contributed by atoms with Gasteiger partial charge >= 0.3 is 0 Å². The van der Waals surface area contributed by atoms with Crippen LogP contribution in [0.2, 0.25) is 0 Å². The zero-order chi connectivity index (χ0) is 12.8. The summed E-state index contributed by atoms with van der Waals surface area (Å²) < 4.78 is 2.05. The number of nitrogens with zero attached hydrogens (tertiary/aromatic N) is 4. The molecule has 1 aromatic heterocycles. The molecule has 0 unspecified atom stereocenters. The van der Waals surface area contributed by atoms with Crippen molar-refractivity contribution in [1.29, 1.82) is 0 Å². The molecule has 2 aliphatic rings. The maximum atomic E-state index is 12.0. The number of imidazole rings is 1. The van der Waals surface area contributed by atoms with Crippen molar-refractivity contribution in [2.45, 2.75) is 19.4 Å². The standard InChI is InChI=1S/C13H20N4O/c1-15-8-13(12(15)18)4-3-5-17(9-13)7-11-6-14-10-16(11)2/h6,10H,3-5,7-9H2,1-2H3/t13-/m0/s1. The van der Waals surface area contributed by atoms with E-state index in [0.29, 0.717) is 5.91 Å². The zero-order valence-electron chi connectivity index (χ0n) is 11.1. The number of aryl methyl sites for hydroxylation is 1. The Hall–Kier alpha value is -1.36. The van der Waals surface area contributed by atoms with Gasteiger partial charge in [-0.15, -0.1) is 0 Å². The lowest BCUT2D eigenvalue weighted by Crippen LogP contribution is -2.65. The molecule has 0 bridgehead atoms. The summed E-state index contributed by atoms with van der Waals surface area (Å²) in [4.78, 5) is 20.4. The Bertz CT molecular complexity index is 465. The number of likely N-dealkylation sites (tertiary alicyclic amines) is 2. The topological polar surface area (TPSA) is 41.4 Å². The van der Waals surface area contributed by atoms with E-state index in [0.717, 1.165) is 39.0 Å². The molecule has 0 N–H and O–H groups in total. The molecule has 2 saturated heterocycles. The second-order valence-electron chi connectivity index (χ2n) is 5.75. The maximum Gasteiger partial charge on any atom is 0.231 e. The molecule has 1 amide bonds. The van der Waals surface area contributed by atoms with E-state index in [1.54, 1.807) is 0 Å². The van der Waals surface area contributed by atoms with Crippen molar-refractivity contribution in [3.8, 4) is 0 Å². The Morgan fingerprint density at radius 3 is 2.83 bits per heavy atom. The SMILES string of the molecule is CN1C[C@]2(CCCN(Cc3cncn3C)C2)C1=O. The third-order valence-electron chi connectivity index (χ3n) is 4.30. The van der Waals surface area contributed by atoms with Crippen LogP contribution in [0.15, 0.2) is 12.5 Å². The highest BCUT2D eigenvalue weighted by Crippen LogP contribution is 2.39. The monoisotopic (exact) mass is 248 g/mol. The summed E-state index contributed by atoms with van der Waals surface area (Å²) in [5.74, 6) is 0.331. The predicted molar refractivity (Wildman–Crippen MR) is 67.8 cm³/mol. The first kappa shape index (κ1) is 11.7. The van der Waals surface area contributed by atoms with E-state index in [1.807, 2.05) is 31.5 Å². The van der Waals surface area contributed by atoms with Crippen molar-refractivity contribution in [3.63, 3.8) is 0 Å². The molecule has 3 heterocycles. The molecule has 1 atom stereocenters. The van der Waals surface area contributed by atoms with E-state index in [4.69, 9.17) is 0 Å². The number of carbonyl (C=O) groups is 1. The van der Waals surface area contributed by atoms with Gasteiger partial charge in [-0.3, -0.25) is 9.69 Å². The van der Waals surface area contributed by atoms with Gasteiger partial charge in [-0.05, 0) is 19.4 Å². The number of hydrogen-bond acceptors (Lipinski definition) is 3. The van der Waals surface area contributed by atoms with Crippen molar-refractivity contribution < 1.29 is 4.79 Å². The van der Waals surface area contributed by atoms with E-state index in [2.05, 4.69) is 14.5 Å². The minimum absolute atomic E-state index is 0.0778. The highest BCUT2D eigenvalue weighted by Gasteiger charge is 2.52. The van der Waals surface area contributed by atoms with E-state index in [1.165, 1.54) is 5.69 Å². The Balaban J connectivity index is 1.68. The van der Waals surface area contributed by atoms with Crippen LogP contribution >= 0.6 is 0 Å². The lowest BCUT2D eigenvalue weighted by atomic mass is 9.72. The van der Waals surface area contributed by atoms with Gasteiger partial charge in [0.05, 0.1) is 17.4 Å². The molecule has 18 heavy (non-hydrogen) atoms. The predicted octanol–water partition coefficient (Wildman–Crippen LogP) is 0.474. The fourth-order valence-electron chi connectivity index (χ4n) is 3.34. The number of hydrogen-bond donors (Lipinski definition) is 0. The third kappa shape index (κ3) is 1.73. The third-order valence-corrected chi connectivity index (χ3v) is 4.30. The molecule has 2 fully saturated rings. The summed E-state index contributed by atoms with van der Waals surface area (Å²) in [6.07, 6.45) is 5.92. The summed E-state index contributed by atoms with van der Waals surface area (Å²) in [6, 6.07) is 0. The molecule has 5 nitrogen and oxygen atoms in total. The molecule has 1 aromatic rings. The minimum atomic E-state index is -0.0778. The van der Waals surface area contributed by atoms with E-state index >= 15 is 0 Å². The Labute approximate surface area is 107 Å². The van der Waals surface area contributed by atoms with Crippen LogP contribution in [0.3, 0.4) is 0 Å². The van der Waals surface area contributed by atoms with Gasteiger partial charge < -0.3 is 9.47 Å². The number of carbonyl (C=O) groups excluding carboxylic acids is 1. The van der Waals surface area contributed by atoms with Crippen molar-refractivity contribution in [2.24, 2.45) is 12.5 Å². The smallest absolute Gasteiger partial charge is 0.231 e. The highest BCUT2D eigenvalue weighted by molar-refractivity contribution is 5.88. The van der Waals surface area contributed by atoms with Gasteiger partial charge in [0, 0.05) is 39.9 Å². The molecule has 0 saturated carbocycles. The number of aromatic nitrogens is 2. The van der Waals surface area contributed by atoms with Gasteiger partial charge in [-0.25, -0.2) is 4.98 Å². The van der Waals surface area contributed by atoms with Gasteiger partial charge in [0.1, 0.15) is 0 Å². The molecule has 3 rings (SSSR count). The first-order chi connectivity index (χ1) is 8.61. The van der Waals surface area contributed by atoms with Crippen LogP contribution in [0.1, 0.15) is 18.5 Å². The van der Waals surface area contributed by atoms with Crippen LogP contribution in [0, 0.1) is 5.41 Å². The Kier molecular flexibility index (Phi) is 2.66. The summed E-state index contributed by atoms with van der Waals surface area (Å²) in [5, 5.41) is 0. The summed E-state index contributed by atoms with van der Waals surface area (Å²) in [5.41, 5.74) is 1.14. The quantitative estimate of drug-likeness (QED) is 0.715. The first-order valence-corrected chi connectivity index (χ1v) is 6.54. The number of amides is 1. The number of piperidine rings is 1. The second kappa shape index (κ2) is 4.09. The van der Waals surface area contributed by atoms with Crippen molar-refractivity contribution in [3.05, 3.63) is 18.2 Å². The van der Waals surface area contributed by atoms with Gasteiger partial charge in [0.2, 0.25) is 5.91 Å². The lowest BCUT2D eigenvalue weighted by molar-refractivity contribution is -0.163. The molecule has 2 aliphatic heterocycles. The van der Waals surface area contributed by atoms with Crippen molar-refractivity contribution in [2.75, 3.05) is 26.7 Å².